The van der Waals surface area contributed by atoms with Crippen molar-refractivity contribution in [1.29, 1.82) is 0 Å². The number of aryl methyl sites for hydroxylation is 1. The molecule has 0 unspecified atom stereocenters. The molecule has 0 spiro atoms. The zero-order valence-electron chi connectivity index (χ0n) is 12.9. The Kier molecular flexibility index (Phi) is 3.36. The number of para-hydroxylation sites is 1. The van der Waals surface area contributed by atoms with E-state index in [1.54, 1.807) is 39.5 Å². The molecule has 0 saturated carbocycles. The molecule has 3 rings (SSSR count). The van der Waals surface area contributed by atoms with Crippen LogP contribution in [0.2, 0.25) is 0 Å². The second-order valence-electron chi connectivity index (χ2n) is 5.54. The monoisotopic (exact) mass is 297 g/mol. The highest BCUT2D eigenvalue weighted by molar-refractivity contribution is 5.79. The van der Waals surface area contributed by atoms with Crippen molar-refractivity contribution in [3.8, 4) is 16.8 Å². The summed E-state index contributed by atoms with van der Waals surface area (Å²) in [5.74, 6) is 0.573. The molecule has 0 fully saturated rings. The zero-order valence-corrected chi connectivity index (χ0v) is 12.9. The number of anilines is 1. The number of rotatable bonds is 3. The minimum atomic E-state index is -0.0649. The number of imidazole rings is 1. The molecule has 6 nitrogen and oxygen atoms in total. The average Bonchev–Trinajstić information content (AvgIpc) is 3.03. The second-order valence-corrected chi connectivity index (χ2v) is 5.54. The van der Waals surface area contributed by atoms with Gasteiger partial charge in [0.25, 0.3) is 0 Å². The number of benzene rings is 1. The van der Waals surface area contributed by atoms with Crippen molar-refractivity contribution in [2.45, 2.75) is 19.9 Å². The minimum Gasteiger partial charge on any atom is -0.383 e. The lowest BCUT2D eigenvalue weighted by molar-refractivity contribution is 0.574. The van der Waals surface area contributed by atoms with Crippen LogP contribution in [0.1, 0.15) is 19.9 Å². The summed E-state index contributed by atoms with van der Waals surface area (Å²) in [4.78, 5) is 12.6. The summed E-state index contributed by atoms with van der Waals surface area (Å²) in [6.07, 6.45) is 5.31. The van der Waals surface area contributed by atoms with Gasteiger partial charge in [0.15, 0.2) is 0 Å². The van der Waals surface area contributed by atoms with Gasteiger partial charge >= 0.3 is 5.69 Å². The van der Waals surface area contributed by atoms with Gasteiger partial charge in [0.05, 0.1) is 11.9 Å². The van der Waals surface area contributed by atoms with Gasteiger partial charge < -0.3 is 5.73 Å². The van der Waals surface area contributed by atoms with Crippen molar-refractivity contribution in [3.05, 3.63) is 53.3 Å². The maximum atomic E-state index is 12.6. The van der Waals surface area contributed by atoms with Crippen molar-refractivity contribution in [3.63, 3.8) is 0 Å². The van der Waals surface area contributed by atoms with Gasteiger partial charge in [-0.3, -0.25) is 13.8 Å². The fourth-order valence-corrected chi connectivity index (χ4v) is 2.53. The molecule has 6 heteroatoms. The second kappa shape index (κ2) is 5.22. The first kappa shape index (κ1) is 14.2. The smallest absolute Gasteiger partial charge is 0.332 e. The molecule has 2 aromatic heterocycles. The van der Waals surface area contributed by atoms with Gasteiger partial charge in [-0.2, -0.15) is 5.10 Å². The zero-order chi connectivity index (χ0) is 15.9. The van der Waals surface area contributed by atoms with E-state index in [4.69, 9.17) is 5.73 Å². The van der Waals surface area contributed by atoms with Crippen LogP contribution in [-0.4, -0.2) is 18.9 Å². The number of hydrogen-bond acceptors (Lipinski definition) is 3. The van der Waals surface area contributed by atoms with Crippen molar-refractivity contribution < 1.29 is 0 Å². The minimum absolute atomic E-state index is 0.0649. The van der Waals surface area contributed by atoms with E-state index in [9.17, 15) is 4.79 Å². The van der Waals surface area contributed by atoms with Crippen molar-refractivity contribution in [2.24, 2.45) is 7.05 Å². The van der Waals surface area contributed by atoms with E-state index in [-0.39, 0.29) is 11.7 Å². The molecule has 0 bridgehead atoms. The highest BCUT2D eigenvalue weighted by Gasteiger charge is 2.15. The van der Waals surface area contributed by atoms with Crippen LogP contribution < -0.4 is 11.4 Å². The highest BCUT2D eigenvalue weighted by Crippen LogP contribution is 2.30. The SMILES string of the molecule is CC(C)n1ccn(-c2ccccc2-c2cnn(C)c2N)c1=O. The lowest BCUT2D eigenvalue weighted by Crippen LogP contribution is -2.24. The Bertz CT molecular complexity index is 869. The van der Waals surface area contributed by atoms with Crippen LogP contribution in [0.15, 0.2) is 47.7 Å². The van der Waals surface area contributed by atoms with Gasteiger partial charge in [-0.25, -0.2) is 4.79 Å². The molecule has 3 aromatic rings. The lowest BCUT2D eigenvalue weighted by Gasteiger charge is -2.10. The molecule has 1 aromatic carbocycles. The summed E-state index contributed by atoms with van der Waals surface area (Å²) in [6, 6.07) is 7.81. The van der Waals surface area contributed by atoms with Crippen LogP contribution >= 0.6 is 0 Å². The van der Waals surface area contributed by atoms with E-state index in [1.807, 2.05) is 38.1 Å². The Labute approximate surface area is 128 Å². The predicted octanol–water partition coefficient (Wildman–Crippen LogP) is 2.20. The van der Waals surface area contributed by atoms with Gasteiger partial charge in [0.1, 0.15) is 5.82 Å². The third-order valence-corrected chi connectivity index (χ3v) is 3.80. The normalized spacial score (nSPS) is 11.3. The van der Waals surface area contributed by atoms with Crippen molar-refractivity contribution in [1.82, 2.24) is 18.9 Å². The maximum Gasteiger partial charge on any atom is 0.332 e. The topological polar surface area (TPSA) is 70.8 Å². The van der Waals surface area contributed by atoms with E-state index in [0.717, 1.165) is 16.8 Å². The summed E-state index contributed by atoms with van der Waals surface area (Å²) in [7, 11) is 1.79. The molecule has 22 heavy (non-hydrogen) atoms. The summed E-state index contributed by atoms with van der Waals surface area (Å²) in [5, 5.41) is 4.18. The summed E-state index contributed by atoms with van der Waals surface area (Å²) in [5.41, 5.74) is 8.52. The van der Waals surface area contributed by atoms with Gasteiger partial charge in [0, 0.05) is 36.6 Å². The van der Waals surface area contributed by atoms with E-state index in [0.29, 0.717) is 5.82 Å². The average molecular weight is 297 g/mol. The molecule has 0 aliphatic carbocycles. The van der Waals surface area contributed by atoms with E-state index >= 15 is 0 Å². The summed E-state index contributed by atoms with van der Waals surface area (Å²) in [6.45, 7) is 3.97. The fraction of sp³-hybridized carbons (Fsp3) is 0.250. The van der Waals surface area contributed by atoms with Crippen molar-refractivity contribution >= 4 is 5.82 Å². The molecule has 2 N–H and O–H groups in total. The van der Waals surface area contributed by atoms with Crippen LogP contribution in [-0.2, 0) is 7.05 Å². The van der Waals surface area contributed by atoms with Gasteiger partial charge in [-0.15, -0.1) is 0 Å². The summed E-state index contributed by atoms with van der Waals surface area (Å²) >= 11 is 0. The molecule has 0 aliphatic heterocycles. The van der Waals surface area contributed by atoms with Gasteiger partial charge in [-0.1, -0.05) is 18.2 Å². The van der Waals surface area contributed by atoms with Crippen molar-refractivity contribution in [2.75, 3.05) is 5.73 Å². The highest BCUT2D eigenvalue weighted by atomic mass is 16.1. The number of hydrogen-bond donors (Lipinski definition) is 1. The lowest BCUT2D eigenvalue weighted by atomic mass is 10.1. The van der Waals surface area contributed by atoms with E-state index in [2.05, 4.69) is 5.10 Å². The largest absolute Gasteiger partial charge is 0.383 e. The molecule has 114 valence electrons. The Hall–Kier alpha value is -2.76. The first-order chi connectivity index (χ1) is 10.5. The molecular formula is C16H19N5O. The third kappa shape index (κ3) is 2.13. The number of nitrogen functional groups attached to an aromatic ring is 1. The fourth-order valence-electron chi connectivity index (χ4n) is 2.53. The third-order valence-electron chi connectivity index (χ3n) is 3.80. The Morgan fingerprint density at radius 2 is 1.86 bits per heavy atom. The van der Waals surface area contributed by atoms with E-state index in [1.165, 1.54) is 0 Å². The van der Waals surface area contributed by atoms with Gasteiger partial charge in [-0.05, 0) is 19.9 Å². The Balaban J connectivity index is 2.22. The number of nitrogens with zero attached hydrogens (tertiary/aromatic N) is 4. The molecular weight excluding hydrogens is 278 g/mol. The summed E-state index contributed by atoms with van der Waals surface area (Å²) < 4.78 is 4.96. The standard InChI is InChI=1S/C16H19N5O/c1-11(2)20-8-9-21(16(20)22)14-7-5-4-6-12(14)13-10-18-19(3)15(13)17/h4-11H,17H2,1-3H3. The first-order valence-corrected chi connectivity index (χ1v) is 7.17. The first-order valence-electron chi connectivity index (χ1n) is 7.17. The quantitative estimate of drug-likeness (QED) is 0.805. The van der Waals surface area contributed by atoms with E-state index < -0.39 is 0 Å². The van der Waals surface area contributed by atoms with Crippen LogP contribution in [0.4, 0.5) is 5.82 Å². The molecule has 0 aliphatic rings. The number of aromatic nitrogens is 4. The molecule has 0 amide bonds. The molecule has 0 saturated heterocycles. The van der Waals surface area contributed by atoms with Crippen LogP contribution in [0.3, 0.4) is 0 Å². The molecule has 0 radical (unpaired) electrons. The Morgan fingerprint density at radius 1 is 1.14 bits per heavy atom. The van der Waals surface area contributed by atoms with Gasteiger partial charge in [0.2, 0.25) is 0 Å². The van der Waals surface area contributed by atoms with Crippen LogP contribution in [0, 0.1) is 0 Å². The Morgan fingerprint density at radius 3 is 2.45 bits per heavy atom. The predicted molar refractivity (Wildman–Crippen MR) is 87.0 cm³/mol. The molecule has 0 atom stereocenters. The number of nitrogens with two attached hydrogens (primary N) is 1. The van der Waals surface area contributed by atoms with Crippen LogP contribution in [0.5, 0.6) is 0 Å². The maximum absolute atomic E-state index is 12.6. The van der Waals surface area contributed by atoms with Crippen LogP contribution in [0.25, 0.3) is 16.8 Å². The molecule has 2 heterocycles.